The minimum Gasteiger partial charge on any atom is -0.268 e. The monoisotopic (exact) mass is 220 g/mol. The van der Waals surface area contributed by atoms with Crippen LogP contribution in [0.1, 0.15) is 26.3 Å². The molecule has 0 fully saturated rings. The molecule has 1 heterocycles. The van der Waals surface area contributed by atoms with Crippen molar-refractivity contribution in [2.45, 2.75) is 32.5 Å². The zero-order chi connectivity index (χ0) is 11.9. The largest absolute Gasteiger partial charge is 0.418 e. The Morgan fingerprint density at radius 1 is 1.27 bits per heavy atom. The van der Waals surface area contributed by atoms with E-state index in [0.717, 1.165) is 4.68 Å². The number of hydrogen-bond donors (Lipinski definition) is 0. The first-order chi connectivity index (χ1) is 6.62. The first-order valence-corrected chi connectivity index (χ1v) is 4.29. The Balaban J connectivity index is 3.28. The molecule has 0 bridgehead atoms. The van der Waals surface area contributed by atoms with Gasteiger partial charge < -0.3 is 0 Å². The zero-order valence-corrected chi connectivity index (χ0v) is 8.59. The van der Waals surface area contributed by atoms with Crippen molar-refractivity contribution in [3.05, 3.63) is 28.2 Å². The highest BCUT2D eigenvalue weighted by molar-refractivity contribution is 5.10. The van der Waals surface area contributed by atoms with Gasteiger partial charge in [0.05, 0.1) is 17.3 Å². The smallest absolute Gasteiger partial charge is 0.268 e. The van der Waals surface area contributed by atoms with Gasteiger partial charge in [0, 0.05) is 6.07 Å². The summed E-state index contributed by atoms with van der Waals surface area (Å²) in [5.41, 5.74) is -2.40. The van der Waals surface area contributed by atoms with Crippen molar-refractivity contribution in [3.63, 3.8) is 0 Å². The molecule has 0 atom stereocenters. The lowest BCUT2D eigenvalue weighted by Gasteiger charge is -2.20. The van der Waals surface area contributed by atoms with Gasteiger partial charge in [-0.1, -0.05) is 0 Å². The van der Waals surface area contributed by atoms with Crippen LogP contribution in [0.25, 0.3) is 0 Å². The van der Waals surface area contributed by atoms with Crippen molar-refractivity contribution in [2.75, 3.05) is 0 Å². The summed E-state index contributed by atoms with van der Waals surface area (Å²) < 4.78 is 37.6. The third-order valence-corrected chi connectivity index (χ3v) is 1.76. The quantitative estimate of drug-likeness (QED) is 0.670. The van der Waals surface area contributed by atoms with Gasteiger partial charge in [-0.3, -0.25) is 4.79 Å². The summed E-state index contributed by atoms with van der Waals surface area (Å²) >= 11 is 0. The van der Waals surface area contributed by atoms with E-state index in [4.69, 9.17) is 0 Å². The van der Waals surface area contributed by atoms with Crippen molar-refractivity contribution in [1.29, 1.82) is 0 Å². The number of rotatable bonds is 0. The lowest BCUT2D eigenvalue weighted by molar-refractivity contribution is -0.138. The fourth-order valence-corrected chi connectivity index (χ4v) is 1.07. The van der Waals surface area contributed by atoms with Gasteiger partial charge in [0.25, 0.3) is 5.56 Å². The molecular formula is C9H11F3N2O. The molecule has 84 valence electrons. The number of aromatic nitrogens is 2. The average Bonchev–Trinajstić information content (AvgIpc) is 1.99. The predicted octanol–water partition coefficient (Wildman–Crippen LogP) is 2.02. The van der Waals surface area contributed by atoms with Crippen LogP contribution in [0.2, 0.25) is 0 Å². The standard InChI is InChI=1S/C9H11F3N2O/c1-8(2,3)14-7(15)4-6(5-13-14)9(10,11)12/h4-5H,1-3H3. The lowest BCUT2D eigenvalue weighted by Crippen LogP contribution is -2.36. The second kappa shape index (κ2) is 3.36. The van der Waals surface area contributed by atoms with E-state index in [1.165, 1.54) is 0 Å². The fraction of sp³-hybridized carbons (Fsp3) is 0.556. The molecule has 0 aliphatic rings. The van der Waals surface area contributed by atoms with E-state index in [1.807, 2.05) is 0 Å². The molecule has 0 aliphatic carbocycles. The van der Waals surface area contributed by atoms with Crippen molar-refractivity contribution in [1.82, 2.24) is 9.78 Å². The Hall–Kier alpha value is -1.33. The van der Waals surface area contributed by atoms with E-state index in [2.05, 4.69) is 5.10 Å². The lowest BCUT2D eigenvalue weighted by atomic mass is 10.1. The topological polar surface area (TPSA) is 34.9 Å². The van der Waals surface area contributed by atoms with Gasteiger partial charge in [0.15, 0.2) is 0 Å². The van der Waals surface area contributed by atoms with E-state index in [9.17, 15) is 18.0 Å². The van der Waals surface area contributed by atoms with Crippen molar-refractivity contribution in [3.8, 4) is 0 Å². The van der Waals surface area contributed by atoms with Crippen LogP contribution in [0.4, 0.5) is 13.2 Å². The second-order valence-electron chi connectivity index (χ2n) is 4.16. The Morgan fingerprint density at radius 2 is 1.80 bits per heavy atom. The van der Waals surface area contributed by atoms with Crippen LogP contribution < -0.4 is 5.56 Å². The average molecular weight is 220 g/mol. The minimum atomic E-state index is -4.52. The van der Waals surface area contributed by atoms with Gasteiger partial charge in [0.1, 0.15) is 0 Å². The molecule has 1 aromatic heterocycles. The van der Waals surface area contributed by atoms with Crippen molar-refractivity contribution >= 4 is 0 Å². The van der Waals surface area contributed by atoms with E-state index in [1.54, 1.807) is 20.8 Å². The third-order valence-electron chi connectivity index (χ3n) is 1.76. The molecule has 0 N–H and O–H groups in total. The molecule has 0 saturated carbocycles. The fourth-order valence-electron chi connectivity index (χ4n) is 1.07. The maximum atomic E-state index is 12.2. The number of alkyl halides is 3. The Morgan fingerprint density at radius 3 is 2.13 bits per heavy atom. The Kier molecular flexibility index (Phi) is 2.63. The van der Waals surface area contributed by atoms with Crippen LogP contribution in [0.15, 0.2) is 17.1 Å². The van der Waals surface area contributed by atoms with Crippen LogP contribution >= 0.6 is 0 Å². The van der Waals surface area contributed by atoms with Gasteiger partial charge in [-0.2, -0.15) is 18.3 Å². The SMILES string of the molecule is CC(C)(C)n1ncc(C(F)(F)F)cc1=O. The maximum absolute atomic E-state index is 12.2. The van der Waals surface area contributed by atoms with E-state index in [0.29, 0.717) is 12.3 Å². The number of nitrogens with zero attached hydrogens (tertiary/aromatic N) is 2. The minimum absolute atomic E-state index is 0.554. The number of hydrogen-bond acceptors (Lipinski definition) is 2. The van der Waals surface area contributed by atoms with Crippen molar-refractivity contribution < 1.29 is 13.2 Å². The van der Waals surface area contributed by atoms with E-state index in [-0.39, 0.29) is 0 Å². The summed E-state index contributed by atoms with van der Waals surface area (Å²) in [6.45, 7) is 5.07. The summed E-state index contributed by atoms with van der Waals surface area (Å²) in [4.78, 5) is 11.3. The van der Waals surface area contributed by atoms with Crippen LogP contribution in [0, 0.1) is 0 Å². The summed E-state index contributed by atoms with van der Waals surface area (Å²) in [5, 5.41) is 3.50. The molecule has 1 aromatic rings. The van der Waals surface area contributed by atoms with Crippen LogP contribution in [0.3, 0.4) is 0 Å². The molecule has 0 amide bonds. The molecule has 3 nitrogen and oxygen atoms in total. The predicted molar refractivity (Wildman–Crippen MR) is 48.5 cm³/mol. The molecule has 0 spiro atoms. The highest BCUT2D eigenvalue weighted by Gasteiger charge is 2.32. The molecule has 0 saturated heterocycles. The summed E-state index contributed by atoms with van der Waals surface area (Å²) in [6.07, 6.45) is -3.87. The zero-order valence-electron chi connectivity index (χ0n) is 8.59. The summed E-state index contributed by atoms with van der Waals surface area (Å²) in [7, 11) is 0. The van der Waals surface area contributed by atoms with Crippen LogP contribution in [-0.2, 0) is 11.7 Å². The highest BCUT2D eigenvalue weighted by Crippen LogP contribution is 2.27. The molecule has 6 heteroatoms. The maximum Gasteiger partial charge on any atom is 0.418 e. The molecule has 0 unspecified atom stereocenters. The van der Waals surface area contributed by atoms with Gasteiger partial charge in [-0.05, 0) is 20.8 Å². The highest BCUT2D eigenvalue weighted by atomic mass is 19.4. The van der Waals surface area contributed by atoms with E-state index >= 15 is 0 Å². The van der Waals surface area contributed by atoms with Crippen LogP contribution in [-0.4, -0.2) is 9.78 Å². The Bertz CT molecular complexity index is 415. The first kappa shape index (κ1) is 11.7. The van der Waals surface area contributed by atoms with E-state index < -0.39 is 22.8 Å². The van der Waals surface area contributed by atoms with Crippen LogP contribution in [0.5, 0.6) is 0 Å². The third kappa shape index (κ3) is 2.57. The molecular weight excluding hydrogens is 209 g/mol. The summed E-state index contributed by atoms with van der Waals surface area (Å²) in [6, 6.07) is 0.554. The number of halogens is 3. The Labute approximate surface area is 84.5 Å². The normalized spacial score (nSPS) is 12.9. The molecule has 1 rings (SSSR count). The van der Waals surface area contributed by atoms with Gasteiger partial charge >= 0.3 is 6.18 Å². The first-order valence-electron chi connectivity index (χ1n) is 4.29. The molecule has 0 radical (unpaired) electrons. The molecule has 0 aliphatic heterocycles. The van der Waals surface area contributed by atoms with Gasteiger partial charge in [0.2, 0.25) is 0 Å². The van der Waals surface area contributed by atoms with Gasteiger partial charge in [-0.25, -0.2) is 4.68 Å². The molecule has 15 heavy (non-hydrogen) atoms. The second-order valence-corrected chi connectivity index (χ2v) is 4.16. The molecule has 0 aromatic carbocycles. The summed E-state index contributed by atoms with van der Waals surface area (Å²) in [5.74, 6) is 0. The van der Waals surface area contributed by atoms with Crippen molar-refractivity contribution in [2.24, 2.45) is 0 Å². The van der Waals surface area contributed by atoms with Gasteiger partial charge in [-0.15, -0.1) is 0 Å².